The highest BCUT2D eigenvalue weighted by molar-refractivity contribution is 7.90. The predicted molar refractivity (Wildman–Crippen MR) is 123 cm³/mol. The number of hydrogen-bond donors (Lipinski definition) is 0. The summed E-state index contributed by atoms with van der Waals surface area (Å²) >= 11 is 0. The Labute approximate surface area is 187 Å². The summed E-state index contributed by atoms with van der Waals surface area (Å²) in [5.41, 5.74) is 2.86. The Balaban J connectivity index is 1.93. The minimum absolute atomic E-state index is 0.00322. The summed E-state index contributed by atoms with van der Waals surface area (Å²) in [5.74, 6) is -0.662. The van der Waals surface area contributed by atoms with Crippen molar-refractivity contribution in [2.24, 2.45) is 15.5 Å². The second-order valence-electron chi connectivity index (χ2n) is 7.98. The van der Waals surface area contributed by atoms with E-state index >= 15 is 0 Å². The molecule has 0 amide bonds. The Morgan fingerprint density at radius 2 is 1.53 bits per heavy atom. The Morgan fingerprint density at radius 3 is 2.16 bits per heavy atom. The minimum Gasteiger partial charge on any atom is -0.352 e. The maximum atomic E-state index is 12.6. The molecule has 1 aromatic rings. The normalized spacial score (nSPS) is 19.7. The second-order valence-corrected chi connectivity index (χ2v) is 9.59. The zero-order valence-electron chi connectivity index (χ0n) is 18.5. The van der Waals surface area contributed by atoms with Crippen LogP contribution in [0.4, 0.5) is 0 Å². The highest BCUT2D eigenvalue weighted by atomic mass is 32.2. The highest BCUT2D eigenvalue weighted by Gasteiger charge is 2.24. The number of ketones is 2. The van der Waals surface area contributed by atoms with E-state index in [1.165, 1.54) is 30.4 Å². The van der Waals surface area contributed by atoms with Crippen molar-refractivity contribution in [2.75, 3.05) is 0 Å². The number of rotatable bonds is 5. The van der Waals surface area contributed by atoms with E-state index < -0.39 is 15.8 Å². The van der Waals surface area contributed by atoms with Gasteiger partial charge in [0.2, 0.25) is 11.5 Å². The van der Waals surface area contributed by atoms with E-state index in [0.29, 0.717) is 16.9 Å². The average molecular weight is 453 g/mol. The number of hydrogen-bond acceptors (Lipinski definition) is 6. The molecule has 0 heterocycles. The molecule has 1 aromatic carbocycles. The first-order valence-corrected chi connectivity index (χ1v) is 11.5. The van der Waals surface area contributed by atoms with Gasteiger partial charge in [-0.05, 0) is 62.6 Å². The summed E-state index contributed by atoms with van der Waals surface area (Å²) in [6.45, 7) is 8.91. The lowest BCUT2D eigenvalue weighted by Crippen LogP contribution is -2.17. The number of Topliss-reactive ketones (excluding diaryl/α,β-unsaturated/α-hetero) is 1. The van der Waals surface area contributed by atoms with E-state index in [9.17, 15) is 18.0 Å². The molecule has 0 radical (unpaired) electrons. The van der Waals surface area contributed by atoms with Crippen molar-refractivity contribution in [1.29, 1.82) is 0 Å². The molecule has 0 aliphatic heterocycles. The number of benzene rings is 1. The molecule has 0 saturated carbocycles. The van der Waals surface area contributed by atoms with E-state index in [2.05, 4.69) is 9.55 Å². The topological polar surface area (TPSA) is 102 Å². The van der Waals surface area contributed by atoms with Gasteiger partial charge in [-0.25, -0.2) is 0 Å². The van der Waals surface area contributed by atoms with E-state index in [1.54, 1.807) is 32.1 Å². The lowest BCUT2D eigenvalue weighted by Gasteiger charge is -2.15. The SMILES string of the molecule is CC1=CC(=NS(=O)(=O)c2ccc(C)cc2)C=C(O/N=C2\C=C(C(C)C)C(=O)C=C2C)C1=O. The number of nitrogens with zero attached hydrogens (tertiary/aromatic N) is 2. The number of aryl methyl sites for hydroxylation is 1. The van der Waals surface area contributed by atoms with Crippen LogP contribution in [0.5, 0.6) is 0 Å². The van der Waals surface area contributed by atoms with Crippen LogP contribution in [-0.2, 0) is 24.4 Å². The molecule has 166 valence electrons. The molecule has 0 bridgehead atoms. The third-order valence-electron chi connectivity index (χ3n) is 4.96. The molecular formula is C24H24N2O5S. The van der Waals surface area contributed by atoms with Gasteiger partial charge in [0.15, 0.2) is 5.78 Å². The van der Waals surface area contributed by atoms with Crippen LogP contribution >= 0.6 is 0 Å². The number of allylic oxidation sites excluding steroid dienone is 7. The zero-order chi connectivity index (χ0) is 23.6. The Bertz CT molecular complexity index is 1270. The van der Waals surface area contributed by atoms with Crippen LogP contribution in [0, 0.1) is 12.8 Å². The number of sulfonamides is 1. The Morgan fingerprint density at radius 1 is 0.875 bits per heavy atom. The third kappa shape index (κ3) is 5.08. The van der Waals surface area contributed by atoms with Crippen LogP contribution in [0.3, 0.4) is 0 Å². The fourth-order valence-corrected chi connectivity index (χ4v) is 4.05. The first kappa shape index (κ1) is 23.3. The summed E-state index contributed by atoms with van der Waals surface area (Å²) in [7, 11) is -3.97. The summed E-state index contributed by atoms with van der Waals surface area (Å²) in [6, 6.07) is 6.32. The molecule has 0 spiro atoms. The van der Waals surface area contributed by atoms with Gasteiger partial charge >= 0.3 is 0 Å². The Kier molecular flexibility index (Phi) is 6.55. The van der Waals surface area contributed by atoms with Gasteiger partial charge in [0.05, 0.1) is 10.6 Å². The fourth-order valence-electron chi connectivity index (χ4n) is 3.08. The average Bonchev–Trinajstić information content (AvgIpc) is 2.70. The van der Waals surface area contributed by atoms with Crippen LogP contribution in [0.25, 0.3) is 0 Å². The van der Waals surface area contributed by atoms with Gasteiger partial charge < -0.3 is 4.84 Å². The van der Waals surface area contributed by atoms with Crippen molar-refractivity contribution in [3.63, 3.8) is 0 Å². The molecule has 0 unspecified atom stereocenters. The fraction of sp³-hybridized carbons (Fsp3) is 0.250. The minimum atomic E-state index is -3.97. The monoisotopic (exact) mass is 452 g/mol. The zero-order valence-corrected chi connectivity index (χ0v) is 19.4. The lowest BCUT2D eigenvalue weighted by molar-refractivity contribution is -0.115. The first-order chi connectivity index (χ1) is 15.0. The van der Waals surface area contributed by atoms with Crippen LogP contribution in [0.2, 0.25) is 0 Å². The molecule has 0 fully saturated rings. The number of oxime groups is 1. The molecular weight excluding hydrogens is 428 g/mol. The standard InChI is InChI=1S/C24H24N2O5S/c1-14(2)20-13-21(16(4)11-22(20)27)25-31-23-12-18(10-17(5)24(23)28)26-32(29,30)19-8-6-15(3)7-9-19/h6-14H,1-5H3/b25-21+,26-18?. The van der Waals surface area contributed by atoms with E-state index in [0.717, 1.165) is 5.56 Å². The molecule has 32 heavy (non-hydrogen) atoms. The van der Waals surface area contributed by atoms with E-state index in [4.69, 9.17) is 4.84 Å². The molecule has 2 aliphatic carbocycles. The van der Waals surface area contributed by atoms with Crippen molar-refractivity contribution in [3.8, 4) is 0 Å². The predicted octanol–water partition coefficient (Wildman–Crippen LogP) is 4.02. The summed E-state index contributed by atoms with van der Waals surface area (Å²) in [6.07, 6.45) is 5.73. The van der Waals surface area contributed by atoms with Crippen molar-refractivity contribution in [1.82, 2.24) is 0 Å². The second kappa shape index (κ2) is 9.00. The van der Waals surface area contributed by atoms with Crippen molar-refractivity contribution < 1.29 is 22.8 Å². The van der Waals surface area contributed by atoms with E-state index in [-0.39, 0.29) is 33.6 Å². The van der Waals surface area contributed by atoms with Crippen LogP contribution in [-0.4, -0.2) is 31.4 Å². The maximum Gasteiger partial charge on any atom is 0.282 e. The van der Waals surface area contributed by atoms with Gasteiger partial charge in [0, 0.05) is 17.2 Å². The Hall–Kier alpha value is -3.39. The van der Waals surface area contributed by atoms with Crippen molar-refractivity contribution in [3.05, 3.63) is 76.6 Å². The van der Waals surface area contributed by atoms with Gasteiger partial charge in [-0.2, -0.15) is 12.8 Å². The summed E-state index contributed by atoms with van der Waals surface area (Å²) in [4.78, 5) is 30.1. The highest BCUT2D eigenvalue weighted by Crippen LogP contribution is 2.22. The van der Waals surface area contributed by atoms with Crippen molar-refractivity contribution in [2.45, 2.75) is 39.5 Å². The third-order valence-corrected chi connectivity index (χ3v) is 6.28. The lowest BCUT2D eigenvalue weighted by atomic mass is 9.90. The summed E-state index contributed by atoms with van der Waals surface area (Å²) in [5, 5.41) is 4.04. The van der Waals surface area contributed by atoms with Gasteiger partial charge in [-0.1, -0.05) is 36.7 Å². The van der Waals surface area contributed by atoms with Gasteiger partial charge in [-0.3, -0.25) is 9.59 Å². The molecule has 7 nitrogen and oxygen atoms in total. The largest absolute Gasteiger partial charge is 0.352 e. The first-order valence-electron chi connectivity index (χ1n) is 10.0. The number of carbonyl (C=O) groups is 2. The molecule has 3 rings (SSSR count). The summed E-state index contributed by atoms with van der Waals surface area (Å²) < 4.78 is 29.1. The maximum absolute atomic E-state index is 12.6. The number of carbonyl (C=O) groups excluding carboxylic acids is 2. The van der Waals surface area contributed by atoms with E-state index in [1.807, 2.05) is 20.8 Å². The quantitative estimate of drug-likeness (QED) is 0.496. The molecule has 0 saturated heterocycles. The van der Waals surface area contributed by atoms with Gasteiger partial charge in [0.1, 0.15) is 5.71 Å². The molecule has 8 heteroatoms. The molecule has 2 aliphatic rings. The van der Waals surface area contributed by atoms with Crippen molar-refractivity contribution >= 4 is 33.0 Å². The van der Waals surface area contributed by atoms with Crippen LogP contribution in [0.15, 0.2) is 85.5 Å². The molecule has 0 aromatic heterocycles. The van der Waals surface area contributed by atoms with Crippen LogP contribution in [0.1, 0.15) is 33.3 Å². The smallest absolute Gasteiger partial charge is 0.282 e. The molecule has 0 N–H and O–H groups in total. The van der Waals surface area contributed by atoms with Crippen LogP contribution < -0.4 is 0 Å². The van der Waals surface area contributed by atoms with Gasteiger partial charge in [-0.15, -0.1) is 0 Å². The van der Waals surface area contributed by atoms with Gasteiger partial charge in [0.25, 0.3) is 10.0 Å². The molecule has 0 atom stereocenters.